The van der Waals surface area contributed by atoms with Gasteiger partial charge in [0.25, 0.3) is 0 Å². The van der Waals surface area contributed by atoms with Crippen molar-refractivity contribution in [2.75, 3.05) is 18.4 Å². The average molecular weight is 245 g/mol. The fourth-order valence-corrected chi connectivity index (χ4v) is 2.75. The molecule has 1 heterocycles. The third-order valence-corrected chi connectivity index (χ3v) is 4.08. The average Bonchev–Trinajstić information content (AvgIpc) is 2.87. The summed E-state index contributed by atoms with van der Waals surface area (Å²) in [7, 11) is 0. The van der Waals surface area contributed by atoms with Crippen LogP contribution in [0, 0.1) is 5.92 Å². The van der Waals surface area contributed by atoms with Crippen molar-refractivity contribution in [1.82, 2.24) is 4.90 Å². The number of carbonyl (C=O) groups excluding carboxylic acids is 1. The third kappa shape index (κ3) is 1.97. The molecule has 1 aromatic carbocycles. The molecule has 0 spiro atoms. The fourth-order valence-electron chi connectivity index (χ4n) is 2.75. The van der Waals surface area contributed by atoms with Crippen molar-refractivity contribution in [3.05, 3.63) is 29.8 Å². The van der Waals surface area contributed by atoms with Gasteiger partial charge in [-0.25, -0.2) is 4.79 Å². The van der Waals surface area contributed by atoms with Crippen LogP contribution in [0.1, 0.15) is 18.9 Å². The van der Waals surface area contributed by atoms with Gasteiger partial charge >= 0.3 is 6.03 Å². The van der Waals surface area contributed by atoms with E-state index in [4.69, 9.17) is 5.73 Å². The maximum Gasteiger partial charge on any atom is 0.321 e. The Morgan fingerprint density at radius 3 is 3.11 bits per heavy atom. The molecule has 0 radical (unpaired) electrons. The van der Waals surface area contributed by atoms with Gasteiger partial charge in [0.15, 0.2) is 0 Å². The normalized spacial score (nSPS) is 29.0. The molecule has 2 atom stereocenters. The Balaban J connectivity index is 1.64. The van der Waals surface area contributed by atoms with E-state index in [0.29, 0.717) is 12.5 Å². The molecule has 1 aliphatic heterocycles. The van der Waals surface area contributed by atoms with Crippen LogP contribution in [0.5, 0.6) is 0 Å². The van der Waals surface area contributed by atoms with Crippen LogP contribution in [0.15, 0.2) is 24.3 Å². The number of urea groups is 1. The lowest BCUT2D eigenvalue weighted by Gasteiger charge is -2.20. The molecule has 2 aliphatic rings. The van der Waals surface area contributed by atoms with Gasteiger partial charge in [0, 0.05) is 24.3 Å². The SMILES string of the molecule is CCc1cccc(NC(=O)N2CC3CC3(N)C2)c1. The molecule has 3 rings (SSSR count). The Morgan fingerprint density at radius 1 is 1.61 bits per heavy atom. The highest BCUT2D eigenvalue weighted by Crippen LogP contribution is 2.47. The summed E-state index contributed by atoms with van der Waals surface area (Å²) >= 11 is 0. The van der Waals surface area contributed by atoms with Crippen LogP contribution in [-0.4, -0.2) is 29.6 Å². The molecule has 1 saturated carbocycles. The number of hydrogen-bond donors (Lipinski definition) is 2. The van der Waals surface area contributed by atoms with Crippen LogP contribution >= 0.6 is 0 Å². The van der Waals surface area contributed by atoms with E-state index in [2.05, 4.69) is 18.3 Å². The number of anilines is 1. The molecule has 3 N–H and O–H groups in total. The third-order valence-electron chi connectivity index (χ3n) is 4.08. The Labute approximate surface area is 107 Å². The highest BCUT2D eigenvalue weighted by Gasteiger charge is 2.58. The smallest absolute Gasteiger partial charge is 0.321 e. The van der Waals surface area contributed by atoms with Crippen molar-refractivity contribution < 1.29 is 4.79 Å². The van der Waals surface area contributed by atoms with E-state index >= 15 is 0 Å². The molecule has 2 fully saturated rings. The number of fused-ring (bicyclic) bond motifs is 1. The molecule has 96 valence electrons. The van der Waals surface area contributed by atoms with E-state index in [1.54, 1.807) is 0 Å². The Morgan fingerprint density at radius 2 is 2.44 bits per heavy atom. The lowest BCUT2D eigenvalue weighted by atomic mass is 10.1. The van der Waals surface area contributed by atoms with Gasteiger partial charge in [0.05, 0.1) is 0 Å². The molecule has 1 aromatic rings. The number of piperidine rings is 1. The summed E-state index contributed by atoms with van der Waals surface area (Å²) in [5.41, 5.74) is 8.11. The van der Waals surface area contributed by atoms with Gasteiger partial charge in [0.1, 0.15) is 0 Å². The monoisotopic (exact) mass is 245 g/mol. The summed E-state index contributed by atoms with van der Waals surface area (Å²) < 4.78 is 0. The Kier molecular flexibility index (Phi) is 2.55. The standard InChI is InChI=1S/C14H19N3O/c1-2-10-4-3-5-12(6-10)16-13(18)17-8-11-7-14(11,15)9-17/h3-6,11H,2,7-9,15H2,1H3,(H,16,18). The highest BCUT2D eigenvalue weighted by atomic mass is 16.2. The zero-order valence-corrected chi connectivity index (χ0v) is 10.6. The van der Waals surface area contributed by atoms with Crippen LogP contribution in [0.4, 0.5) is 10.5 Å². The number of nitrogens with one attached hydrogen (secondary N) is 1. The van der Waals surface area contributed by atoms with Crippen LogP contribution in [-0.2, 0) is 6.42 Å². The van der Waals surface area contributed by atoms with E-state index in [1.807, 2.05) is 23.1 Å². The predicted octanol–water partition coefficient (Wildman–Crippen LogP) is 1.81. The molecule has 2 unspecified atom stereocenters. The number of benzene rings is 1. The number of aryl methyl sites for hydroxylation is 1. The second-order valence-corrected chi connectivity index (χ2v) is 5.50. The van der Waals surface area contributed by atoms with Gasteiger partial charge in [-0.2, -0.15) is 0 Å². The van der Waals surface area contributed by atoms with Crippen molar-refractivity contribution in [2.24, 2.45) is 11.7 Å². The van der Waals surface area contributed by atoms with Gasteiger partial charge in [-0.1, -0.05) is 19.1 Å². The number of rotatable bonds is 2. The fraction of sp³-hybridized carbons (Fsp3) is 0.500. The van der Waals surface area contributed by atoms with Crippen molar-refractivity contribution in [3.8, 4) is 0 Å². The van der Waals surface area contributed by atoms with E-state index in [-0.39, 0.29) is 11.6 Å². The number of nitrogens with two attached hydrogens (primary N) is 1. The largest absolute Gasteiger partial charge is 0.323 e. The zero-order chi connectivity index (χ0) is 12.8. The molecule has 18 heavy (non-hydrogen) atoms. The van der Waals surface area contributed by atoms with Crippen LogP contribution < -0.4 is 11.1 Å². The van der Waals surface area contributed by atoms with Crippen molar-refractivity contribution in [3.63, 3.8) is 0 Å². The van der Waals surface area contributed by atoms with Crippen LogP contribution in [0.2, 0.25) is 0 Å². The van der Waals surface area contributed by atoms with Crippen LogP contribution in [0.3, 0.4) is 0 Å². The van der Waals surface area contributed by atoms with E-state index in [0.717, 1.165) is 25.1 Å². The number of hydrogen-bond acceptors (Lipinski definition) is 2. The first-order valence-electron chi connectivity index (χ1n) is 6.54. The second-order valence-electron chi connectivity index (χ2n) is 5.50. The minimum Gasteiger partial charge on any atom is -0.323 e. The summed E-state index contributed by atoms with van der Waals surface area (Å²) in [5.74, 6) is 0.519. The predicted molar refractivity (Wildman–Crippen MR) is 71.4 cm³/mol. The van der Waals surface area contributed by atoms with Gasteiger partial charge in [-0.05, 0) is 36.5 Å². The van der Waals surface area contributed by atoms with Gasteiger partial charge in [0.2, 0.25) is 0 Å². The summed E-state index contributed by atoms with van der Waals surface area (Å²) in [5, 5.41) is 2.95. The number of amides is 2. The summed E-state index contributed by atoms with van der Waals surface area (Å²) in [4.78, 5) is 13.9. The molecular formula is C14H19N3O. The second kappa shape index (κ2) is 3.99. The lowest BCUT2D eigenvalue weighted by molar-refractivity contribution is 0.216. The minimum absolute atomic E-state index is 0.0275. The molecule has 1 aliphatic carbocycles. The minimum atomic E-state index is -0.0807. The molecule has 4 nitrogen and oxygen atoms in total. The lowest BCUT2D eigenvalue weighted by Crippen LogP contribution is -2.39. The highest BCUT2D eigenvalue weighted by molar-refractivity contribution is 5.89. The van der Waals surface area contributed by atoms with E-state index in [1.165, 1.54) is 5.56 Å². The maximum atomic E-state index is 12.1. The number of carbonyl (C=O) groups is 1. The summed E-state index contributed by atoms with van der Waals surface area (Å²) in [6.07, 6.45) is 2.05. The molecular weight excluding hydrogens is 226 g/mol. The van der Waals surface area contributed by atoms with Gasteiger partial charge in [-0.15, -0.1) is 0 Å². The Bertz CT molecular complexity index is 488. The van der Waals surface area contributed by atoms with Crippen molar-refractivity contribution in [2.45, 2.75) is 25.3 Å². The van der Waals surface area contributed by atoms with Crippen LogP contribution in [0.25, 0.3) is 0 Å². The van der Waals surface area contributed by atoms with Crippen molar-refractivity contribution in [1.29, 1.82) is 0 Å². The Hall–Kier alpha value is -1.55. The first-order valence-corrected chi connectivity index (χ1v) is 6.54. The topological polar surface area (TPSA) is 58.4 Å². The molecule has 0 aromatic heterocycles. The zero-order valence-electron chi connectivity index (χ0n) is 10.6. The quantitative estimate of drug-likeness (QED) is 0.835. The first-order chi connectivity index (χ1) is 8.60. The summed E-state index contributed by atoms with van der Waals surface area (Å²) in [6.45, 7) is 3.60. The molecule has 0 bridgehead atoms. The molecule has 4 heteroatoms. The first kappa shape index (κ1) is 11.5. The molecule has 2 amide bonds. The van der Waals surface area contributed by atoms with Crippen molar-refractivity contribution >= 4 is 11.7 Å². The summed E-state index contributed by atoms with van der Waals surface area (Å²) in [6, 6.07) is 7.95. The number of likely N-dealkylation sites (tertiary alicyclic amines) is 1. The molecule has 1 saturated heterocycles. The van der Waals surface area contributed by atoms with Gasteiger partial charge in [-0.3, -0.25) is 0 Å². The van der Waals surface area contributed by atoms with E-state index < -0.39 is 0 Å². The number of nitrogens with zero attached hydrogens (tertiary/aromatic N) is 1. The van der Waals surface area contributed by atoms with E-state index in [9.17, 15) is 4.79 Å². The van der Waals surface area contributed by atoms with Gasteiger partial charge < -0.3 is 16.0 Å². The maximum absolute atomic E-state index is 12.1.